The number of benzene rings is 2. The Morgan fingerprint density at radius 1 is 1.13 bits per heavy atom. The molecule has 1 aliphatic heterocycles. The number of rotatable bonds is 8. The van der Waals surface area contributed by atoms with Gasteiger partial charge in [0.25, 0.3) is 0 Å². The van der Waals surface area contributed by atoms with E-state index in [4.69, 9.17) is 9.47 Å². The predicted molar refractivity (Wildman–Crippen MR) is 123 cm³/mol. The van der Waals surface area contributed by atoms with Crippen molar-refractivity contribution in [2.24, 2.45) is 4.99 Å². The number of aliphatic imine (C=N–C) groups is 1. The number of hydrogen-bond donors (Lipinski definition) is 3. The summed E-state index contributed by atoms with van der Waals surface area (Å²) in [7, 11) is 5.03. The first-order valence-electron chi connectivity index (χ1n) is 10.4. The van der Waals surface area contributed by atoms with Crippen LogP contribution in [0.3, 0.4) is 0 Å². The molecule has 0 aliphatic carbocycles. The van der Waals surface area contributed by atoms with Gasteiger partial charge in [0, 0.05) is 44.5 Å². The zero-order valence-electron chi connectivity index (χ0n) is 18.4. The molecule has 0 radical (unpaired) electrons. The number of nitrogens with one attached hydrogen (secondary N) is 3. The van der Waals surface area contributed by atoms with Crippen LogP contribution in [-0.4, -0.2) is 63.7 Å². The van der Waals surface area contributed by atoms with Gasteiger partial charge in [-0.1, -0.05) is 18.2 Å². The van der Waals surface area contributed by atoms with Crippen LogP contribution in [0.1, 0.15) is 12.0 Å². The Kier molecular flexibility index (Phi) is 8.12. The molecule has 8 nitrogen and oxygen atoms in total. The Morgan fingerprint density at radius 2 is 1.84 bits per heavy atom. The summed E-state index contributed by atoms with van der Waals surface area (Å²) in [6, 6.07) is 15.6. The molecule has 1 fully saturated rings. The molecule has 2 aromatic carbocycles. The number of ether oxygens (including phenoxy) is 2. The molecule has 0 spiro atoms. The van der Waals surface area contributed by atoms with E-state index in [2.05, 4.69) is 25.8 Å². The van der Waals surface area contributed by atoms with Crippen molar-refractivity contribution in [2.75, 3.05) is 46.2 Å². The van der Waals surface area contributed by atoms with Gasteiger partial charge in [-0.2, -0.15) is 0 Å². The van der Waals surface area contributed by atoms with Gasteiger partial charge < -0.3 is 25.4 Å². The summed E-state index contributed by atoms with van der Waals surface area (Å²) in [6.45, 7) is 2.82. The molecule has 1 atom stereocenters. The Balaban J connectivity index is 1.45. The average molecular weight is 426 g/mol. The summed E-state index contributed by atoms with van der Waals surface area (Å²) in [5.41, 5.74) is 1.93. The van der Waals surface area contributed by atoms with E-state index >= 15 is 0 Å². The van der Waals surface area contributed by atoms with Gasteiger partial charge in [0.05, 0.1) is 20.8 Å². The van der Waals surface area contributed by atoms with E-state index < -0.39 is 0 Å². The monoisotopic (exact) mass is 425 g/mol. The molecule has 8 heteroatoms. The predicted octanol–water partition coefficient (Wildman–Crippen LogP) is 2.08. The third-order valence-electron chi connectivity index (χ3n) is 5.13. The fourth-order valence-electron chi connectivity index (χ4n) is 3.59. The van der Waals surface area contributed by atoms with Gasteiger partial charge in [-0.05, 0) is 36.2 Å². The third kappa shape index (κ3) is 6.89. The average Bonchev–Trinajstić information content (AvgIpc) is 3.23. The lowest BCUT2D eigenvalue weighted by Crippen LogP contribution is -2.46. The van der Waals surface area contributed by atoms with Gasteiger partial charge >= 0.3 is 0 Å². The van der Waals surface area contributed by atoms with Gasteiger partial charge in [0.15, 0.2) is 5.96 Å². The number of carbonyl (C=O) groups excluding carboxylic acids is 1. The van der Waals surface area contributed by atoms with Crippen molar-refractivity contribution in [3.63, 3.8) is 0 Å². The van der Waals surface area contributed by atoms with Crippen molar-refractivity contribution in [3.8, 4) is 11.5 Å². The van der Waals surface area contributed by atoms with Crippen molar-refractivity contribution < 1.29 is 14.3 Å². The topological polar surface area (TPSA) is 87.2 Å². The number of methoxy groups -OCH3 is 2. The molecule has 3 N–H and O–H groups in total. The first-order chi connectivity index (χ1) is 15.1. The number of anilines is 1. The SMILES string of the molecule is CN=C(NCC(=O)Nc1ccccc1)NC1CCN(Cc2cc(OC)cc(OC)c2)C1. The maximum absolute atomic E-state index is 12.1. The van der Waals surface area contributed by atoms with E-state index in [9.17, 15) is 4.79 Å². The molecule has 1 aliphatic rings. The second kappa shape index (κ2) is 11.2. The second-order valence-electron chi connectivity index (χ2n) is 7.43. The van der Waals surface area contributed by atoms with Crippen molar-refractivity contribution in [3.05, 3.63) is 54.1 Å². The minimum Gasteiger partial charge on any atom is -0.497 e. The lowest BCUT2D eigenvalue weighted by molar-refractivity contribution is -0.115. The van der Waals surface area contributed by atoms with Crippen LogP contribution in [0.15, 0.2) is 53.5 Å². The summed E-state index contributed by atoms with van der Waals surface area (Å²) in [5, 5.41) is 9.35. The molecule has 166 valence electrons. The van der Waals surface area contributed by atoms with Crippen LogP contribution in [0.5, 0.6) is 11.5 Å². The van der Waals surface area contributed by atoms with E-state index in [0.717, 1.165) is 48.8 Å². The van der Waals surface area contributed by atoms with Gasteiger partial charge in [0.1, 0.15) is 11.5 Å². The quantitative estimate of drug-likeness (QED) is 0.443. The maximum atomic E-state index is 12.1. The Hall–Kier alpha value is -3.26. The van der Waals surface area contributed by atoms with Gasteiger partial charge in [-0.25, -0.2) is 0 Å². The number of carbonyl (C=O) groups is 1. The van der Waals surface area contributed by atoms with Crippen LogP contribution >= 0.6 is 0 Å². The number of amides is 1. The van der Waals surface area contributed by atoms with Crippen LogP contribution in [0, 0.1) is 0 Å². The minimum absolute atomic E-state index is 0.117. The fraction of sp³-hybridized carbons (Fsp3) is 0.391. The van der Waals surface area contributed by atoms with E-state index in [-0.39, 0.29) is 18.5 Å². The summed E-state index contributed by atoms with van der Waals surface area (Å²) < 4.78 is 10.7. The maximum Gasteiger partial charge on any atom is 0.243 e. The zero-order valence-corrected chi connectivity index (χ0v) is 18.4. The fourth-order valence-corrected chi connectivity index (χ4v) is 3.59. The molecule has 3 rings (SSSR count). The Morgan fingerprint density at radius 3 is 2.48 bits per heavy atom. The zero-order chi connectivity index (χ0) is 22.1. The molecule has 0 saturated carbocycles. The number of hydrogen-bond acceptors (Lipinski definition) is 5. The van der Waals surface area contributed by atoms with E-state index in [0.29, 0.717) is 5.96 Å². The molecule has 2 aromatic rings. The molecule has 1 amide bonds. The summed E-state index contributed by atoms with van der Waals surface area (Å²) in [6.07, 6.45) is 0.998. The van der Waals surface area contributed by atoms with Crippen molar-refractivity contribution in [1.29, 1.82) is 0 Å². The summed E-state index contributed by atoms with van der Waals surface area (Å²) in [5.74, 6) is 2.09. The first-order valence-corrected chi connectivity index (χ1v) is 10.4. The lowest BCUT2D eigenvalue weighted by Gasteiger charge is -2.19. The van der Waals surface area contributed by atoms with Crippen LogP contribution in [0.4, 0.5) is 5.69 Å². The number of guanidine groups is 1. The first kappa shape index (κ1) is 22.4. The normalized spacial score (nSPS) is 16.6. The summed E-state index contributed by atoms with van der Waals surface area (Å²) in [4.78, 5) is 18.8. The van der Waals surface area contributed by atoms with Crippen LogP contribution in [0.2, 0.25) is 0 Å². The summed E-state index contributed by atoms with van der Waals surface area (Å²) >= 11 is 0. The molecule has 0 bridgehead atoms. The van der Waals surface area contributed by atoms with Crippen molar-refractivity contribution in [2.45, 2.75) is 19.0 Å². The minimum atomic E-state index is -0.117. The highest BCUT2D eigenvalue weighted by Gasteiger charge is 2.23. The van der Waals surface area contributed by atoms with Gasteiger partial charge in [-0.3, -0.25) is 14.7 Å². The van der Waals surface area contributed by atoms with Crippen LogP contribution in [0.25, 0.3) is 0 Å². The second-order valence-corrected chi connectivity index (χ2v) is 7.43. The van der Waals surface area contributed by atoms with E-state index in [1.165, 1.54) is 0 Å². The highest BCUT2D eigenvalue weighted by molar-refractivity contribution is 5.95. The molecule has 1 unspecified atom stereocenters. The van der Waals surface area contributed by atoms with Gasteiger partial charge in [0.2, 0.25) is 5.91 Å². The number of nitrogens with zero attached hydrogens (tertiary/aromatic N) is 2. The largest absolute Gasteiger partial charge is 0.497 e. The molecule has 1 heterocycles. The molecule has 0 aromatic heterocycles. The molecular formula is C23H31N5O3. The van der Waals surface area contributed by atoms with Crippen molar-refractivity contribution in [1.82, 2.24) is 15.5 Å². The standard InChI is InChI=1S/C23H31N5O3/c1-24-23(25-14-22(29)26-18-7-5-4-6-8-18)27-19-9-10-28(16-19)15-17-11-20(30-2)13-21(12-17)31-3/h4-8,11-13,19H,9-10,14-16H2,1-3H3,(H,26,29)(H2,24,25,27). The number of likely N-dealkylation sites (tertiary alicyclic amines) is 1. The molecular weight excluding hydrogens is 394 g/mol. The van der Waals surface area contributed by atoms with E-state index in [1.807, 2.05) is 48.5 Å². The van der Waals surface area contributed by atoms with Crippen LogP contribution < -0.4 is 25.4 Å². The third-order valence-corrected chi connectivity index (χ3v) is 5.13. The Labute approximate surface area is 183 Å². The molecule has 1 saturated heterocycles. The lowest BCUT2D eigenvalue weighted by atomic mass is 10.2. The van der Waals surface area contributed by atoms with Crippen LogP contribution in [-0.2, 0) is 11.3 Å². The number of para-hydroxylation sites is 1. The van der Waals surface area contributed by atoms with E-state index in [1.54, 1.807) is 21.3 Å². The van der Waals surface area contributed by atoms with Crippen molar-refractivity contribution >= 4 is 17.6 Å². The molecule has 31 heavy (non-hydrogen) atoms. The smallest absolute Gasteiger partial charge is 0.243 e. The Bertz CT molecular complexity index is 866. The van der Waals surface area contributed by atoms with Gasteiger partial charge in [-0.15, -0.1) is 0 Å². The highest BCUT2D eigenvalue weighted by atomic mass is 16.5. The highest BCUT2D eigenvalue weighted by Crippen LogP contribution is 2.24.